The van der Waals surface area contributed by atoms with Crippen molar-refractivity contribution < 1.29 is 14.3 Å². The van der Waals surface area contributed by atoms with Gasteiger partial charge in [0.05, 0.1) is 27.9 Å². The van der Waals surface area contributed by atoms with E-state index < -0.39 is 0 Å². The first-order valence-corrected chi connectivity index (χ1v) is 10.4. The zero-order chi connectivity index (χ0) is 20.4. The molecule has 4 rings (SSSR count). The van der Waals surface area contributed by atoms with Crippen LogP contribution in [0.25, 0.3) is 10.2 Å². The lowest BCUT2D eigenvalue weighted by Gasteiger charge is -2.19. The highest BCUT2D eigenvalue weighted by atomic mass is 32.1. The van der Waals surface area contributed by atoms with Crippen LogP contribution in [0.5, 0.6) is 5.75 Å². The van der Waals surface area contributed by atoms with Crippen molar-refractivity contribution in [3.05, 3.63) is 70.4 Å². The van der Waals surface area contributed by atoms with Crippen molar-refractivity contribution >= 4 is 55.5 Å². The summed E-state index contributed by atoms with van der Waals surface area (Å²) >= 11 is 2.73. The average Bonchev–Trinajstić information content (AvgIpc) is 3.42. The summed E-state index contributed by atoms with van der Waals surface area (Å²) in [6.45, 7) is 0. The van der Waals surface area contributed by atoms with Crippen LogP contribution in [0.4, 0.5) is 10.8 Å². The fourth-order valence-electron chi connectivity index (χ4n) is 2.94. The molecule has 2 heterocycles. The van der Waals surface area contributed by atoms with Gasteiger partial charge in [-0.1, -0.05) is 35.6 Å². The molecule has 1 N–H and O–H groups in total. The Morgan fingerprint density at radius 2 is 1.90 bits per heavy atom. The Kier molecular flexibility index (Phi) is 5.28. The van der Waals surface area contributed by atoms with Gasteiger partial charge in [-0.25, -0.2) is 4.98 Å². The van der Waals surface area contributed by atoms with E-state index in [9.17, 15) is 9.59 Å². The largest absolute Gasteiger partial charge is 0.494 e. The predicted octanol–water partition coefficient (Wildman–Crippen LogP) is 4.90. The second-order valence-corrected chi connectivity index (χ2v) is 8.12. The van der Waals surface area contributed by atoms with Crippen LogP contribution in [0.3, 0.4) is 0 Å². The van der Waals surface area contributed by atoms with E-state index in [2.05, 4.69) is 10.3 Å². The number of para-hydroxylation sites is 2. The summed E-state index contributed by atoms with van der Waals surface area (Å²) in [6.07, 6.45) is 0. The minimum absolute atomic E-state index is 0.162. The van der Waals surface area contributed by atoms with Crippen LogP contribution < -0.4 is 15.0 Å². The third-order valence-corrected chi connectivity index (χ3v) is 6.16. The van der Waals surface area contributed by atoms with Crippen LogP contribution in [-0.4, -0.2) is 31.0 Å². The standard InChI is InChI=1S/C21H17N3O3S2/c1-24(20(26)17-11-6-12-28-17)14-8-4-3-7-13(14)19(25)23-21-22-18-15(27-2)9-5-10-16(18)29-21/h3-12H,1-2H3,(H,22,23,25). The molecule has 0 saturated heterocycles. The van der Waals surface area contributed by atoms with E-state index in [-0.39, 0.29) is 11.8 Å². The average molecular weight is 424 g/mol. The molecular weight excluding hydrogens is 406 g/mol. The smallest absolute Gasteiger partial charge is 0.268 e. The molecule has 0 aliphatic heterocycles. The van der Waals surface area contributed by atoms with Gasteiger partial charge in [0.25, 0.3) is 11.8 Å². The van der Waals surface area contributed by atoms with Gasteiger partial charge < -0.3 is 9.64 Å². The van der Waals surface area contributed by atoms with Gasteiger partial charge in [-0.2, -0.15) is 0 Å². The maximum absolute atomic E-state index is 13.0. The van der Waals surface area contributed by atoms with E-state index in [1.165, 1.54) is 27.6 Å². The van der Waals surface area contributed by atoms with Gasteiger partial charge in [0.2, 0.25) is 0 Å². The monoisotopic (exact) mass is 423 g/mol. The summed E-state index contributed by atoms with van der Waals surface area (Å²) in [5, 5.41) is 5.16. The second-order valence-electron chi connectivity index (χ2n) is 6.14. The molecule has 0 aliphatic rings. The SMILES string of the molecule is COc1cccc2sc(NC(=O)c3ccccc3N(C)C(=O)c3cccs3)nc12. The van der Waals surface area contributed by atoms with Crippen molar-refractivity contribution in [3.8, 4) is 5.75 Å². The Balaban J connectivity index is 1.62. The zero-order valence-electron chi connectivity index (χ0n) is 15.7. The Hall–Kier alpha value is -3.23. The number of methoxy groups -OCH3 is 1. The van der Waals surface area contributed by atoms with Crippen molar-refractivity contribution in [2.45, 2.75) is 0 Å². The van der Waals surface area contributed by atoms with Gasteiger partial charge >= 0.3 is 0 Å². The Morgan fingerprint density at radius 1 is 1.07 bits per heavy atom. The Labute approximate surface area is 175 Å². The van der Waals surface area contributed by atoms with Gasteiger partial charge in [-0.3, -0.25) is 14.9 Å². The fraction of sp³-hybridized carbons (Fsp3) is 0.0952. The molecule has 0 bridgehead atoms. The molecule has 2 amide bonds. The second kappa shape index (κ2) is 8.02. The zero-order valence-corrected chi connectivity index (χ0v) is 17.3. The van der Waals surface area contributed by atoms with E-state index in [1.807, 2.05) is 29.6 Å². The number of hydrogen-bond donors (Lipinski definition) is 1. The molecule has 146 valence electrons. The van der Waals surface area contributed by atoms with Crippen LogP contribution in [0.15, 0.2) is 60.0 Å². The van der Waals surface area contributed by atoms with Crippen molar-refractivity contribution in [2.75, 3.05) is 24.4 Å². The molecule has 2 aromatic heterocycles. The number of fused-ring (bicyclic) bond motifs is 1. The number of anilines is 2. The van der Waals surface area contributed by atoms with Crippen molar-refractivity contribution in [1.82, 2.24) is 4.98 Å². The summed E-state index contributed by atoms with van der Waals surface area (Å²) < 4.78 is 6.25. The molecular formula is C21H17N3O3S2. The third-order valence-electron chi connectivity index (χ3n) is 4.37. The number of benzene rings is 2. The molecule has 0 saturated carbocycles. The number of rotatable bonds is 5. The van der Waals surface area contributed by atoms with E-state index >= 15 is 0 Å². The van der Waals surface area contributed by atoms with Crippen molar-refractivity contribution in [1.29, 1.82) is 0 Å². The summed E-state index contributed by atoms with van der Waals surface area (Å²) in [7, 11) is 3.25. The van der Waals surface area contributed by atoms with E-state index in [1.54, 1.807) is 44.5 Å². The maximum atomic E-state index is 13.0. The Morgan fingerprint density at radius 3 is 2.66 bits per heavy atom. The molecule has 0 radical (unpaired) electrons. The number of nitrogens with zero attached hydrogens (tertiary/aromatic N) is 2. The molecule has 8 heteroatoms. The van der Waals surface area contributed by atoms with Crippen molar-refractivity contribution in [3.63, 3.8) is 0 Å². The number of carbonyl (C=O) groups is 2. The highest BCUT2D eigenvalue weighted by molar-refractivity contribution is 7.22. The number of nitrogens with one attached hydrogen (secondary N) is 1. The maximum Gasteiger partial charge on any atom is 0.268 e. The van der Waals surface area contributed by atoms with E-state index in [4.69, 9.17) is 4.74 Å². The van der Waals surface area contributed by atoms with Crippen molar-refractivity contribution in [2.24, 2.45) is 0 Å². The minimum Gasteiger partial charge on any atom is -0.494 e. The molecule has 2 aromatic carbocycles. The molecule has 0 aliphatic carbocycles. The topological polar surface area (TPSA) is 71.5 Å². The number of amides is 2. The summed E-state index contributed by atoms with van der Waals surface area (Å²) in [6, 6.07) is 16.2. The lowest BCUT2D eigenvalue weighted by Crippen LogP contribution is -2.28. The first kappa shape index (κ1) is 19.1. The molecule has 0 fully saturated rings. The minimum atomic E-state index is -0.329. The molecule has 0 spiro atoms. The fourth-order valence-corrected chi connectivity index (χ4v) is 4.52. The number of thiazole rings is 1. The van der Waals surface area contributed by atoms with Gasteiger partial charge in [-0.15, -0.1) is 11.3 Å². The van der Waals surface area contributed by atoms with Crippen LogP contribution in [-0.2, 0) is 0 Å². The number of aromatic nitrogens is 1. The molecule has 29 heavy (non-hydrogen) atoms. The quantitative estimate of drug-likeness (QED) is 0.496. The number of ether oxygens (including phenoxy) is 1. The number of hydrogen-bond acceptors (Lipinski definition) is 6. The van der Waals surface area contributed by atoms with Gasteiger partial charge in [0.15, 0.2) is 5.13 Å². The lowest BCUT2D eigenvalue weighted by molar-refractivity contribution is 0.0996. The number of carbonyl (C=O) groups excluding carboxylic acids is 2. The van der Waals surface area contributed by atoms with Gasteiger partial charge in [-0.05, 0) is 35.7 Å². The summed E-state index contributed by atoms with van der Waals surface area (Å²) in [4.78, 5) is 32.3. The van der Waals surface area contributed by atoms with E-state index in [0.717, 1.165) is 4.70 Å². The van der Waals surface area contributed by atoms with Crippen LogP contribution in [0, 0.1) is 0 Å². The normalized spacial score (nSPS) is 10.7. The van der Waals surface area contributed by atoms with Crippen LogP contribution in [0.1, 0.15) is 20.0 Å². The molecule has 6 nitrogen and oxygen atoms in total. The first-order chi connectivity index (χ1) is 14.1. The third kappa shape index (κ3) is 3.72. The highest BCUT2D eigenvalue weighted by Gasteiger charge is 2.21. The lowest BCUT2D eigenvalue weighted by atomic mass is 10.1. The molecule has 0 unspecified atom stereocenters. The number of thiophene rings is 1. The van der Waals surface area contributed by atoms with Gasteiger partial charge in [0, 0.05) is 7.05 Å². The Bertz CT molecular complexity index is 1190. The summed E-state index contributed by atoms with van der Waals surface area (Å²) in [5.74, 6) is 0.162. The summed E-state index contributed by atoms with van der Waals surface area (Å²) in [5.41, 5.74) is 1.63. The highest BCUT2D eigenvalue weighted by Crippen LogP contribution is 2.32. The van der Waals surface area contributed by atoms with Crippen LogP contribution in [0.2, 0.25) is 0 Å². The van der Waals surface area contributed by atoms with Gasteiger partial charge in [0.1, 0.15) is 11.3 Å². The van der Waals surface area contributed by atoms with E-state index in [0.29, 0.717) is 32.5 Å². The molecule has 0 atom stereocenters. The first-order valence-electron chi connectivity index (χ1n) is 8.74. The van der Waals surface area contributed by atoms with Crippen LogP contribution >= 0.6 is 22.7 Å². The molecule has 4 aromatic rings. The predicted molar refractivity (Wildman–Crippen MR) is 118 cm³/mol.